The summed E-state index contributed by atoms with van der Waals surface area (Å²) in [6.07, 6.45) is 4.85. The molecule has 0 aromatic heterocycles. The zero-order valence-corrected chi connectivity index (χ0v) is 13.1. The van der Waals surface area contributed by atoms with Gasteiger partial charge in [0.2, 0.25) is 0 Å². The Labute approximate surface area is 118 Å². The molecule has 4 heteroatoms. The lowest BCUT2D eigenvalue weighted by Crippen LogP contribution is -2.42. The Morgan fingerprint density at radius 1 is 1.32 bits per heavy atom. The molecule has 1 aliphatic rings. The zero-order chi connectivity index (χ0) is 14.1. The molecule has 112 valence electrons. The van der Waals surface area contributed by atoms with Crippen LogP contribution in [0.2, 0.25) is 0 Å². The fourth-order valence-electron chi connectivity index (χ4n) is 2.00. The van der Waals surface area contributed by atoms with Crippen LogP contribution in [0.4, 0.5) is 0 Å². The van der Waals surface area contributed by atoms with E-state index >= 15 is 0 Å². The molecule has 0 aliphatic heterocycles. The number of nitrogens with zero attached hydrogens (tertiary/aromatic N) is 1. The lowest BCUT2D eigenvalue weighted by molar-refractivity contribution is 0.129. The summed E-state index contributed by atoms with van der Waals surface area (Å²) in [5.41, 5.74) is 0.424. The Morgan fingerprint density at radius 3 is 2.58 bits per heavy atom. The summed E-state index contributed by atoms with van der Waals surface area (Å²) in [7, 11) is 0. The van der Waals surface area contributed by atoms with E-state index in [-0.39, 0.29) is 0 Å². The van der Waals surface area contributed by atoms with Crippen molar-refractivity contribution in [1.82, 2.24) is 10.6 Å². The Balaban J connectivity index is 2.41. The molecule has 1 aliphatic carbocycles. The van der Waals surface area contributed by atoms with Crippen molar-refractivity contribution in [2.45, 2.75) is 59.4 Å². The highest BCUT2D eigenvalue weighted by Gasteiger charge is 2.41. The van der Waals surface area contributed by atoms with Gasteiger partial charge in [0.15, 0.2) is 5.96 Å². The fraction of sp³-hybridized carbons (Fsp3) is 0.933. The van der Waals surface area contributed by atoms with Crippen molar-refractivity contribution in [1.29, 1.82) is 0 Å². The van der Waals surface area contributed by atoms with E-state index in [0.29, 0.717) is 11.5 Å². The second-order valence-corrected chi connectivity index (χ2v) is 5.60. The van der Waals surface area contributed by atoms with E-state index in [1.54, 1.807) is 0 Å². The molecule has 4 nitrogen and oxygen atoms in total. The van der Waals surface area contributed by atoms with Crippen LogP contribution < -0.4 is 10.6 Å². The van der Waals surface area contributed by atoms with Crippen molar-refractivity contribution >= 4 is 5.96 Å². The fourth-order valence-corrected chi connectivity index (χ4v) is 2.00. The summed E-state index contributed by atoms with van der Waals surface area (Å²) >= 11 is 0. The predicted octanol–water partition coefficient (Wildman–Crippen LogP) is 2.55. The minimum Gasteiger partial charge on any atom is -0.382 e. The van der Waals surface area contributed by atoms with Gasteiger partial charge in [0, 0.05) is 32.3 Å². The van der Waals surface area contributed by atoms with Crippen LogP contribution in [0.5, 0.6) is 0 Å². The summed E-state index contributed by atoms with van der Waals surface area (Å²) in [5, 5.41) is 6.77. The van der Waals surface area contributed by atoms with E-state index < -0.39 is 0 Å². The minimum atomic E-state index is 0.424. The third kappa shape index (κ3) is 6.28. The van der Waals surface area contributed by atoms with E-state index in [1.165, 1.54) is 12.8 Å². The number of nitrogens with one attached hydrogen (secondary N) is 2. The average molecular weight is 269 g/mol. The Bertz CT molecular complexity index is 275. The summed E-state index contributed by atoms with van der Waals surface area (Å²) in [6, 6.07) is 0.469. The number of hydrogen-bond acceptors (Lipinski definition) is 2. The Kier molecular flexibility index (Phi) is 7.21. The maximum absolute atomic E-state index is 5.47. The van der Waals surface area contributed by atoms with E-state index in [0.717, 1.165) is 45.1 Å². The molecule has 1 unspecified atom stereocenters. The number of rotatable bonds is 9. The van der Waals surface area contributed by atoms with Crippen molar-refractivity contribution in [2.24, 2.45) is 10.4 Å². The molecule has 0 spiro atoms. The Hall–Kier alpha value is -0.770. The maximum atomic E-state index is 5.47. The lowest BCUT2D eigenvalue weighted by Gasteiger charge is -2.18. The van der Waals surface area contributed by atoms with Gasteiger partial charge < -0.3 is 15.4 Å². The summed E-state index contributed by atoms with van der Waals surface area (Å²) in [6.45, 7) is 12.1. The van der Waals surface area contributed by atoms with Gasteiger partial charge >= 0.3 is 0 Å². The first-order valence-corrected chi connectivity index (χ1v) is 7.78. The largest absolute Gasteiger partial charge is 0.382 e. The van der Waals surface area contributed by atoms with Gasteiger partial charge in [0.1, 0.15) is 0 Å². The highest BCUT2D eigenvalue weighted by atomic mass is 16.5. The van der Waals surface area contributed by atoms with Gasteiger partial charge in [-0.3, -0.25) is 4.99 Å². The Morgan fingerprint density at radius 2 is 2.05 bits per heavy atom. The smallest absolute Gasteiger partial charge is 0.191 e. The molecule has 1 rings (SSSR count). The third-order valence-electron chi connectivity index (χ3n) is 3.85. The molecule has 0 bridgehead atoms. The molecular weight excluding hydrogens is 238 g/mol. The molecule has 2 N–H and O–H groups in total. The number of ether oxygens (including phenoxy) is 1. The van der Waals surface area contributed by atoms with E-state index in [9.17, 15) is 0 Å². The van der Waals surface area contributed by atoms with E-state index in [1.807, 2.05) is 0 Å². The maximum Gasteiger partial charge on any atom is 0.191 e. The number of hydrogen-bond donors (Lipinski definition) is 2. The first kappa shape index (κ1) is 16.3. The molecule has 0 amide bonds. The molecule has 1 saturated carbocycles. The van der Waals surface area contributed by atoms with Gasteiger partial charge in [-0.2, -0.15) is 0 Å². The first-order chi connectivity index (χ1) is 9.15. The van der Waals surface area contributed by atoms with Gasteiger partial charge in [-0.1, -0.05) is 6.92 Å². The van der Waals surface area contributed by atoms with Gasteiger partial charge in [-0.15, -0.1) is 0 Å². The quantitative estimate of drug-likeness (QED) is 0.384. The highest BCUT2D eigenvalue weighted by Crippen LogP contribution is 2.48. The molecular formula is C15H31N3O. The predicted molar refractivity (Wildman–Crippen MR) is 81.6 cm³/mol. The summed E-state index contributed by atoms with van der Waals surface area (Å²) in [4.78, 5) is 4.75. The first-order valence-electron chi connectivity index (χ1n) is 7.78. The molecule has 0 aromatic rings. The van der Waals surface area contributed by atoms with E-state index in [4.69, 9.17) is 9.73 Å². The minimum absolute atomic E-state index is 0.424. The molecule has 1 atom stereocenters. The summed E-state index contributed by atoms with van der Waals surface area (Å²) < 4.78 is 5.47. The van der Waals surface area contributed by atoms with Crippen LogP contribution in [0.1, 0.15) is 53.4 Å². The van der Waals surface area contributed by atoms with Gasteiger partial charge in [-0.25, -0.2) is 0 Å². The average Bonchev–Trinajstić information content (AvgIpc) is 3.17. The van der Waals surface area contributed by atoms with Gasteiger partial charge in [0.05, 0.1) is 0 Å². The molecule has 19 heavy (non-hydrogen) atoms. The monoisotopic (exact) mass is 269 g/mol. The van der Waals surface area contributed by atoms with Crippen molar-refractivity contribution in [3.63, 3.8) is 0 Å². The van der Waals surface area contributed by atoms with Crippen LogP contribution >= 0.6 is 0 Å². The van der Waals surface area contributed by atoms with Crippen molar-refractivity contribution < 1.29 is 4.74 Å². The zero-order valence-electron chi connectivity index (χ0n) is 13.1. The second kappa shape index (κ2) is 8.41. The van der Waals surface area contributed by atoms with Crippen LogP contribution in [-0.4, -0.2) is 38.3 Å². The summed E-state index contributed by atoms with van der Waals surface area (Å²) in [5.74, 6) is 0.958. The van der Waals surface area contributed by atoms with E-state index in [2.05, 4.69) is 38.3 Å². The number of guanidine groups is 1. The van der Waals surface area contributed by atoms with Crippen LogP contribution in [0, 0.1) is 5.41 Å². The third-order valence-corrected chi connectivity index (χ3v) is 3.85. The van der Waals surface area contributed by atoms with Crippen molar-refractivity contribution in [3.8, 4) is 0 Å². The van der Waals surface area contributed by atoms with Gasteiger partial charge in [0.25, 0.3) is 0 Å². The molecule has 1 fully saturated rings. The molecule has 0 radical (unpaired) electrons. The van der Waals surface area contributed by atoms with Crippen LogP contribution in [0.15, 0.2) is 4.99 Å². The van der Waals surface area contributed by atoms with Crippen molar-refractivity contribution in [3.05, 3.63) is 0 Å². The van der Waals surface area contributed by atoms with Gasteiger partial charge in [-0.05, 0) is 51.9 Å². The highest BCUT2D eigenvalue weighted by molar-refractivity contribution is 5.80. The number of aliphatic imine (C=N–C) groups is 1. The second-order valence-electron chi connectivity index (χ2n) is 5.60. The van der Waals surface area contributed by atoms with Crippen LogP contribution in [-0.2, 0) is 4.74 Å². The lowest BCUT2D eigenvalue weighted by atomic mass is 10.0. The van der Waals surface area contributed by atoms with Crippen molar-refractivity contribution in [2.75, 3.05) is 26.3 Å². The molecule has 0 aromatic carbocycles. The SMILES string of the molecule is CCNC(=NCC1(CCOCC)CC1)NC(C)CC. The topological polar surface area (TPSA) is 45.7 Å². The van der Waals surface area contributed by atoms with Crippen LogP contribution in [0.3, 0.4) is 0 Å². The molecule has 0 heterocycles. The standard InChI is InChI=1S/C15H31N3O/c1-5-13(4)18-14(16-6-2)17-12-15(8-9-15)10-11-19-7-3/h13H,5-12H2,1-4H3,(H2,16,17,18). The normalized spacial score (nSPS) is 19.1. The molecule has 0 saturated heterocycles. The van der Waals surface area contributed by atoms with Crippen LogP contribution in [0.25, 0.3) is 0 Å².